The van der Waals surface area contributed by atoms with Crippen molar-refractivity contribution in [1.29, 1.82) is 0 Å². The number of halogens is 1. The van der Waals surface area contributed by atoms with Crippen LogP contribution in [0.15, 0.2) is 18.2 Å². The van der Waals surface area contributed by atoms with Gasteiger partial charge in [-0.2, -0.15) is 0 Å². The van der Waals surface area contributed by atoms with Gasteiger partial charge >= 0.3 is 5.69 Å². The van der Waals surface area contributed by atoms with Crippen LogP contribution >= 0.6 is 11.6 Å². The minimum Gasteiger partial charge on any atom is -0.484 e. The predicted octanol–water partition coefficient (Wildman–Crippen LogP) is 3.69. The van der Waals surface area contributed by atoms with Crippen molar-refractivity contribution in [2.45, 2.75) is 20.3 Å². The quantitative estimate of drug-likeness (QED) is 0.415. The number of ether oxygens (including phenoxy) is 2. The van der Waals surface area contributed by atoms with E-state index in [-0.39, 0.29) is 18.0 Å². The fraction of sp³-hybridized carbons (Fsp3) is 0.538. The van der Waals surface area contributed by atoms with Crippen molar-refractivity contribution in [3.8, 4) is 5.75 Å². The maximum atomic E-state index is 10.8. The second kappa shape index (κ2) is 7.96. The predicted molar refractivity (Wildman–Crippen MR) is 73.9 cm³/mol. The summed E-state index contributed by atoms with van der Waals surface area (Å²) in [5, 5.41) is 11.2. The van der Waals surface area contributed by atoms with Crippen molar-refractivity contribution in [3.63, 3.8) is 0 Å². The Kier molecular flexibility index (Phi) is 6.59. The smallest absolute Gasteiger partial charge is 0.311 e. The number of nitro groups is 1. The summed E-state index contributed by atoms with van der Waals surface area (Å²) in [6.07, 6.45) is 0.983. The molecule has 0 aliphatic carbocycles. The number of nitro benzene ring substituents is 1. The summed E-state index contributed by atoms with van der Waals surface area (Å²) in [4.78, 5) is 10.3. The fourth-order valence-electron chi connectivity index (χ4n) is 1.39. The maximum absolute atomic E-state index is 10.8. The van der Waals surface area contributed by atoms with Crippen LogP contribution in [0.2, 0.25) is 5.02 Å². The maximum Gasteiger partial charge on any atom is 0.311 e. The van der Waals surface area contributed by atoms with Crippen LogP contribution in [0.5, 0.6) is 5.75 Å². The van der Waals surface area contributed by atoms with Gasteiger partial charge in [0.15, 0.2) is 5.75 Å². The van der Waals surface area contributed by atoms with Crippen LogP contribution in [0.3, 0.4) is 0 Å². The molecule has 0 saturated heterocycles. The zero-order valence-corrected chi connectivity index (χ0v) is 11.9. The lowest BCUT2D eigenvalue weighted by Crippen LogP contribution is -2.09. The molecule has 0 amide bonds. The first kappa shape index (κ1) is 15.7. The number of nitrogens with zero attached hydrogens (tertiary/aromatic N) is 1. The molecule has 0 spiro atoms. The Bertz CT molecular complexity index is 423. The van der Waals surface area contributed by atoms with Gasteiger partial charge in [-0.25, -0.2) is 0 Å². The lowest BCUT2D eigenvalue weighted by atomic mass is 10.1. The Morgan fingerprint density at radius 1 is 1.32 bits per heavy atom. The van der Waals surface area contributed by atoms with Crippen molar-refractivity contribution < 1.29 is 14.4 Å². The Morgan fingerprint density at radius 2 is 2.05 bits per heavy atom. The van der Waals surface area contributed by atoms with Gasteiger partial charge in [0.25, 0.3) is 0 Å². The molecule has 106 valence electrons. The first-order valence-corrected chi connectivity index (χ1v) is 6.53. The third-order valence-corrected chi connectivity index (χ3v) is 2.68. The summed E-state index contributed by atoms with van der Waals surface area (Å²) in [5.74, 6) is 0.764. The third-order valence-electron chi connectivity index (χ3n) is 2.44. The molecule has 5 nitrogen and oxygen atoms in total. The van der Waals surface area contributed by atoms with Gasteiger partial charge in [-0.15, -0.1) is 0 Å². The molecule has 0 bridgehead atoms. The molecule has 1 rings (SSSR count). The van der Waals surface area contributed by atoms with Crippen molar-refractivity contribution in [3.05, 3.63) is 33.3 Å². The lowest BCUT2D eigenvalue weighted by Gasteiger charge is -2.08. The van der Waals surface area contributed by atoms with Gasteiger partial charge in [0.2, 0.25) is 0 Å². The fourth-order valence-corrected chi connectivity index (χ4v) is 1.55. The van der Waals surface area contributed by atoms with Gasteiger partial charge in [-0.05, 0) is 18.4 Å². The molecule has 6 heteroatoms. The highest BCUT2D eigenvalue weighted by Crippen LogP contribution is 2.29. The van der Waals surface area contributed by atoms with Crippen LogP contribution in [-0.2, 0) is 4.74 Å². The van der Waals surface area contributed by atoms with E-state index in [0.29, 0.717) is 24.2 Å². The molecule has 0 heterocycles. The monoisotopic (exact) mass is 287 g/mol. The van der Waals surface area contributed by atoms with Crippen molar-refractivity contribution >= 4 is 17.3 Å². The SMILES string of the molecule is CC(C)CCOCCOc1cc(Cl)ccc1[N+](=O)[O-]. The summed E-state index contributed by atoms with van der Waals surface area (Å²) in [6.45, 7) is 5.57. The van der Waals surface area contributed by atoms with Crippen LogP contribution in [0.25, 0.3) is 0 Å². The summed E-state index contributed by atoms with van der Waals surface area (Å²) in [5.41, 5.74) is -0.0911. The summed E-state index contributed by atoms with van der Waals surface area (Å²) in [7, 11) is 0. The van der Waals surface area contributed by atoms with Gasteiger partial charge in [0.05, 0.1) is 11.5 Å². The first-order chi connectivity index (χ1) is 9.00. The van der Waals surface area contributed by atoms with E-state index < -0.39 is 4.92 Å². The zero-order valence-electron chi connectivity index (χ0n) is 11.1. The number of benzene rings is 1. The minimum absolute atomic E-state index is 0.0911. The molecular weight excluding hydrogens is 270 g/mol. The van der Waals surface area contributed by atoms with Gasteiger partial charge in [-0.1, -0.05) is 25.4 Å². The van der Waals surface area contributed by atoms with E-state index in [1.807, 2.05) is 0 Å². The van der Waals surface area contributed by atoms with E-state index in [1.165, 1.54) is 18.2 Å². The number of hydrogen-bond acceptors (Lipinski definition) is 4. The average molecular weight is 288 g/mol. The van der Waals surface area contributed by atoms with Gasteiger partial charge in [-0.3, -0.25) is 10.1 Å². The molecule has 0 aliphatic rings. The molecule has 0 saturated carbocycles. The molecule has 0 aromatic heterocycles. The molecule has 0 aliphatic heterocycles. The minimum atomic E-state index is -0.495. The number of hydrogen-bond donors (Lipinski definition) is 0. The van der Waals surface area contributed by atoms with Gasteiger partial charge < -0.3 is 9.47 Å². The normalized spacial score (nSPS) is 10.7. The highest BCUT2D eigenvalue weighted by atomic mass is 35.5. The Balaban J connectivity index is 2.40. The van der Waals surface area contributed by atoms with Crippen LogP contribution in [-0.4, -0.2) is 24.7 Å². The second-order valence-corrected chi connectivity index (χ2v) is 4.95. The second-order valence-electron chi connectivity index (χ2n) is 4.51. The Hall–Kier alpha value is -1.33. The van der Waals surface area contributed by atoms with E-state index in [4.69, 9.17) is 21.1 Å². The zero-order chi connectivity index (χ0) is 14.3. The third kappa shape index (κ3) is 5.89. The van der Waals surface area contributed by atoms with E-state index in [1.54, 1.807) is 0 Å². The summed E-state index contributed by atoms with van der Waals surface area (Å²) >= 11 is 5.79. The Morgan fingerprint density at radius 3 is 2.68 bits per heavy atom. The van der Waals surface area contributed by atoms with E-state index >= 15 is 0 Å². The largest absolute Gasteiger partial charge is 0.484 e. The van der Waals surface area contributed by atoms with Gasteiger partial charge in [0.1, 0.15) is 6.61 Å². The van der Waals surface area contributed by atoms with Crippen molar-refractivity contribution in [2.75, 3.05) is 19.8 Å². The van der Waals surface area contributed by atoms with E-state index in [0.717, 1.165) is 6.42 Å². The molecule has 19 heavy (non-hydrogen) atoms. The van der Waals surface area contributed by atoms with Crippen LogP contribution in [0.4, 0.5) is 5.69 Å². The molecular formula is C13H18ClNO4. The van der Waals surface area contributed by atoms with Gasteiger partial charge in [0, 0.05) is 23.8 Å². The Labute approximate surface area is 117 Å². The summed E-state index contributed by atoms with van der Waals surface area (Å²) < 4.78 is 10.7. The molecule has 0 atom stereocenters. The molecule has 0 radical (unpaired) electrons. The number of rotatable bonds is 8. The molecule has 1 aromatic carbocycles. The molecule has 0 fully saturated rings. The topological polar surface area (TPSA) is 61.6 Å². The lowest BCUT2D eigenvalue weighted by molar-refractivity contribution is -0.385. The van der Waals surface area contributed by atoms with Crippen LogP contribution in [0, 0.1) is 16.0 Å². The van der Waals surface area contributed by atoms with Crippen molar-refractivity contribution in [1.82, 2.24) is 0 Å². The molecule has 0 unspecified atom stereocenters. The average Bonchev–Trinajstić information content (AvgIpc) is 2.33. The molecule has 0 N–H and O–H groups in total. The summed E-state index contributed by atoms with van der Waals surface area (Å²) in [6, 6.07) is 4.23. The standard InChI is InChI=1S/C13H18ClNO4/c1-10(2)5-6-18-7-8-19-13-9-11(14)3-4-12(13)15(16)17/h3-4,9-10H,5-8H2,1-2H3. The van der Waals surface area contributed by atoms with Crippen molar-refractivity contribution in [2.24, 2.45) is 5.92 Å². The highest BCUT2D eigenvalue weighted by Gasteiger charge is 2.15. The van der Waals surface area contributed by atoms with Crippen LogP contribution < -0.4 is 4.74 Å². The molecule has 1 aromatic rings. The first-order valence-electron chi connectivity index (χ1n) is 6.15. The highest BCUT2D eigenvalue weighted by molar-refractivity contribution is 6.30. The van der Waals surface area contributed by atoms with E-state index in [2.05, 4.69) is 13.8 Å². The van der Waals surface area contributed by atoms with E-state index in [9.17, 15) is 10.1 Å². The van der Waals surface area contributed by atoms with Crippen LogP contribution in [0.1, 0.15) is 20.3 Å².